The molecule has 1 aliphatic heterocycles. The lowest BCUT2D eigenvalue weighted by Gasteiger charge is -2.26. The predicted molar refractivity (Wildman–Crippen MR) is 108 cm³/mol. The number of fused-ring (bicyclic) bond motifs is 1. The smallest absolute Gasteiger partial charge is 0.138 e. The second-order valence-corrected chi connectivity index (χ2v) is 7.56. The molecule has 6 heteroatoms. The molecule has 0 spiro atoms. The summed E-state index contributed by atoms with van der Waals surface area (Å²) < 4.78 is 5.40. The molecule has 4 rings (SSSR count). The molecule has 1 aromatic carbocycles. The van der Waals surface area contributed by atoms with Gasteiger partial charge in [0.2, 0.25) is 0 Å². The van der Waals surface area contributed by atoms with Crippen molar-refractivity contribution < 1.29 is 4.74 Å². The largest absolute Gasteiger partial charge is 0.379 e. The van der Waals surface area contributed by atoms with Crippen LogP contribution in [0.3, 0.4) is 0 Å². The maximum absolute atomic E-state index is 5.40. The van der Waals surface area contributed by atoms with Crippen LogP contribution in [-0.4, -0.2) is 54.3 Å². The minimum atomic E-state index is 0.857. The number of anilines is 1. The van der Waals surface area contributed by atoms with Crippen LogP contribution >= 0.6 is 11.3 Å². The van der Waals surface area contributed by atoms with Crippen molar-refractivity contribution in [3.63, 3.8) is 0 Å². The summed E-state index contributed by atoms with van der Waals surface area (Å²) in [4.78, 5) is 13.8. The number of morpholine rings is 1. The predicted octanol–water partition coefficient (Wildman–Crippen LogP) is 3.80. The highest BCUT2D eigenvalue weighted by atomic mass is 32.1. The third kappa shape index (κ3) is 3.72. The van der Waals surface area contributed by atoms with Crippen LogP contribution in [0, 0.1) is 6.92 Å². The van der Waals surface area contributed by atoms with Gasteiger partial charge in [0, 0.05) is 24.5 Å². The SMILES string of the molecule is Cc1c(-c2ccccc2)sc2ncnc(NCCCN3CCOCC3)c12. The van der Waals surface area contributed by atoms with E-state index in [1.165, 1.54) is 16.0 Å². The zero-order valence-corrected chi connectivity index (χ0v) is 15.9. The molecule has 0 unspecified atom stereocenters. The Morgan fingerprint density at radius 3 is 2.77 bits per heavy atom. The van der Waals surface area contributed by atoms with E-state index in [0.717, 1.165) is 61.8 Å². The van der Waals surface area contributed by atoms with Gasteiger partial charge in [-0.2, -0.15) is 0 Å². The third-order valence-corrected chi connectivity index (χ3v) is 6.06. The summed E-state index contributed by atoms with van der Waals surface area (Å²) in [6.45, 7) is 7.99. The number of nitrogens with zero attached hydrogens (tertiary/aromatic N) is 3. The van der Waals surface area contributed by atoms with Crippen molar-refractivity contribution in [2.45, 2.75) is 13.3 Å². The number of nitrogens with one attached hydrogen (secondary N) is 1. The van der Waals surface area contributed by atoms with Gasteiger partial charge in [0.1, 0.15) is 17.0 Å². The number of thiophene rings is 1. The van der Waals surface area contributed by atoms with Crippen molar-refractivity contribution in [3.05, 3.63) is 42.2 Å². The van der Waals surface area contributed by atoms with Crippen LogP contribution in [0.4, 0.5) is 5.82 Å². The molecule has 0 bridgehead atoms. The van der Waals surface area contributed by atoms with Crippen molar-refractivity contribution >= 4 is 27.4 Å². The van der Waals surface area contributed by atoms with E-state index in [0.29, 0.717) is 0 Å². The average molecular weight is 369 g/mol. The summed E-state index contributed by atoms with van der Waals surface area (Å²) in [5.74, 6) is 0.952. The fourth-order valence-electron chi connectivity index (χ4n) is 3.40. The molecule has 0 radical (unpaired) electrons. The first-order chi connectivity index (χ1) is 12.8. The Bertz CT molecular complexity index is 859. The van der Waals surface area contributed by atoms with Gasteiger partial charge in [-0.3, -0.25) is 4.90 Å². The van der Waals surface area contributed by atoms with Crippen molar-refractivity contribution in [2.75, 3.05) is 44.7 Å². The molecule has 1 fully saturated rings. The second kappa shape index (κ2) is 8.12. The van der Waals surface area contributed by atoms with E-state index in [4.69, 9.17) is 4.74 Å². The first kappa shape index (κ1) is 17.4. The summed E-state index contributed by atoms with van der Waals surface area (Å²) in [5.41, 5.74) is 2.50. The van der Waals surface area contributed by atoms with Crippen LogP contribution in [0.25, 0.3) is 20.7 Å². The lowest BCUT2D eigenvalue weighted by Crippen LogP contribution is -2.37. The summed E-state index contributed by atoms with van der Waals surface area (Å²) in [5, 5.41) is 4.69. The third-order valence-electron chi connectivity index (χ3n) is 4.81. The summed E-state index contributed by atoms with van der Waals surface area (Å²) in [6.07, 6.45) is 2.76. The van der Waals surface area contributed by atoms with Gasteiger partial charge in [-0.05, 0) is 31.0 Å². The van der Waals surface area contributed by atoms with Gasteiger partial charge in [0.05, 0.1) is 18.6 Å². The number of hydrogen-bond acceptors (Lipinski definition) is 6. The van der Waals surface area contributed by atoms with E-state index < -0.39 is 0 Å². The van der Waals surface area contributed by atoms with Crippen LogP contribution < -0.4 is 5.32 Å². The second-order valence-electron chi connectivity index (χ2n) is 6.56. The number of benzene rings is 1. The number of aromatic nitrogens is 2. The Balaban J connectivity index is 1.48. The molecule has 0 amide bonds. The van der Waals surface area contributed by atoms with Crippen LogP contribution in [0.15, 0.2) is 36.7 Å². The van der Waals surface area contributed by atoms with E-state index in [1.807, 2.05) is 6.07 Å². The maximum atomic E-state index is 5.40. The molecule has 0 atom stereocenters. The van der Waals surface area contributed by atoms with Gasteiger partial charge in [0.15, 0.2) is 0 Å². The molecule has 3 heterocycles. The highest BCUT2D eigenvalue weighted by Gasteiger charge is 2.15. The molecule has 1 N–H and O–H groups in total. The molecular weight excluding hydrogens is 344 g/mol. The summed E-state index contributed by atoms with van der Waals surface area (Å²) >= 11 is 1.74. The molecule has 5 nitrogen and oxygen atoms in total. The molecule has 136 valence electrons. The Labute approximate surface area is 158 Å². The van der Waals surface area contributed by atoms with E-state index in [9.17, 15) is 0 Å². The van der Waals surface area contributed by atoms with Gasteiger partial charge in [-0.15, -0.1) is 11.3 Å². The first-order valence-corrected chi connectivity index (χ1v) is 9.98. The van der Waals surface area contributed by atoms with E-state index in [-0.39, 0.29) is 0 Å². The topological polar surface area (TPSA) is 50.3 Å². The zero-order valence-electron chi connectivity index (χ0n) is 15.1. The van der Waals surface area contributed by atoms with Crippen molar-refractivity contribution in [1.82, 2.24) is 14.9 Å². The lowest BCUT2D eigenvalue weighted by atomic mass is 10.1. The number of hydrogen-bond donors (Lipinski definition) is 1. The van der Waals surface area contributed by atoms with Gasteiger partial charge < -0.3 is 10.1 Å². The number of ether oxygens (including phenoxy) is 1. The molecule has 1 saturated heterocycles. The van der Waals surface area contributed by atoms with E-state index in [1.54, 1.807) is 17.7 Å². The average Bonchev–Trinajstić information content (AvgIpc) is 3.04. The van der Waals surface area contributed by atoms with Gasteiger partial charge in [-0.25, -0.2) is 9.97 Å². The van der Waals surface area contributed by atoms with E-state index >= 15 is 0 Å². The van der Waals surface area contributed by atoms with Gasteiger partial charge in [0.25, 0.3) is 0 Å². The number of aryl methyl sites for hydroxylation is 1. The molecule has 1 aliphatic rings. The zero-order chi connectivity index (χ0) is 17.8. The molecule has 26 heavy (non-hydrogen) atoms. The van der Waals surface area contributed by atoms with Crippen molar-refractivity contribution in [1.29, 1.82) is 0 Å². The molecule has 2 aromatic heterocycles. The van der Waals surface area contributed by atoms with Crippen molar-refractivity contribution in [3.8, 4) is 10.4 Å². The molecule has 3 aromatic rings. The first-order valence-electron chi connectivity index (χ1n) is 9.16. The normalized spacial score (nSPS) is 15.4. The molecular formula is C20H24N4OS. The van der Waals surface area contributed by atoms with Crippen LogP contribution in [0.5, 0.6) is 0 Å². The van der Waals surface area contributed by atoms with E-state index in [2.05, 4.69) is 51.4 Å². The number of rotatable bonds is 6. The lowest BCUT2D eigenvalue weighted by molar-refractivity contribution is 0.0378. The van der Waals surface area contributed by atoms with Gasteiger partial charge >= 0.3 is 0 Å². The quantitative estimate of drug-likeness (QED) is 0.671. The van der Waals surface area contributed by atoms with Crippen LogP contribution in [0.1, 0.15) is 12.0 Å². The highest BCUT2D eigenvalue weighted by molar-refractivity contribution is 7.22. The summed E-state index contributed by atoms with van der Waals surface area (Å²) in [7, 11) is 0. The Morgan fingerprint density at radius 1 is 1.15 bits per heavy atom. The minimum absolute atomic E-state index is 0.857. The Kier molecular flexibility index (Phi) is 5.43. The fraction of sp³-hybridized carbons (Fsp3) is 0.400. The minimum Gasteiger partial charge on any atom is -0.379 e. The Morgan fingerprint density at radius 2 is 1.96 bits per heavy atom. The molecule has 0 aliphatic carbocycles. The monoisotopic (exact) mass is 368 g/mol. The fourth-order valence-corrected chi connectivity index (χ4v) is 4.56. The van der Waals surface area contributed by atoms with Crippen LogP contribution in [-0.2, 0) is 4.74 Å². The maximum Gasteiger partial charge on any atom is 0.138 e. The highest BCUT2D eigenvalue weighted by Crippen LogP contribution is 2.39. The van der Waals surface area contributed by atoms with Crippen molar-refractivity contribution in [2.24, 2.45) is 0 Å². The Hall–Kier alpha value is -2.02. The summed E-state index contributed by atoms with van der Waals surface area (Å²) in [6, 6.07) is 10.5. The van der Waals surface area contributed by atoms with Gasteiger partial charge in [-0.1, -0.05) is 30.3 Å². The standard InChI is InChI=1S/C20H24N4OS/c1-15-17-19(21-8-5-9-24-10-12-25-13-11-24)22-14-23-20(17)26-18(15)16-6-3-2-4-7-16/h2-4,6-7,14H,5,8-13H2,1H3,(H,21,22,23). The van der Waals surface area contributed by atoms with Crippen LogP contribution in [0.2, 0.25) is 0 Å². The molecule has 0 saturated carbocycles.